The number of carbonyl (C=O) groups excluding carboxylic acids is 1. The van der Waals surface area contributed by atoms with E-state index in [1.54, 1.807) is 25.6 Å². The molecule has 1 aromatic heterocycles. The Bertz CT molecular complexity index is 1090. The second kappa shape index (κ2) is 9.10. The molecule has 1 saturated heterocycles. The molecule has 0 unspecified atom stereocenters. The van der Waals surface area contributed by atoms with E-state index in [-0.39, 0.29) is 11.9 Å². The summed E-state index contributed by atoms with van der Waals surface area (Å²) >= 11 is 1.59. The smallest absolute Gasteiger partial charge is 0.274 e. The molecule has 1 aliphatic heterocycles. The van der Waals surface area contributed by atoms with Gasteiger partial charge < -0.3 is 14.4 Å². The molecule has 4 rings (SSSR count). The number of hydrogen-bond acceptors (Lipinski definition) is 5. The fraction of sp³-hybridized carbons (Fsp3) is 0.360. The molecule has 0 saturated carbocycles. The molecule has 31 heavy (non-hydrogen) atoms. The van der Waals surface area contributed by atoms with Gasteiger partial charge in [-0.25, -0.2) is 4.98 Å². The van der Waals surface area contributed by atoms with Gasteiger partial charge in [0.25, 0.3) is 5.91 Å². The number of methoxy groups -OCH3 is 2. The third-order valence-corrected chi connectivity index (χ3v) is 6.79. The van der Waals surface area contributed by atoms with Gasteiger partial charge in [-0.2, -0.15) is 0 Å². The molecule has 1 fully saturated rings. The molecule has 1 amide bonds. The molecular weight excluding hydrogens is 408 g/mol. The summed E-state index contributed by atoms with van der Waals surface area (Å²) in [5.74, 6) is 1.46. The Morgan fingerprint density at radius 1 is 1.13 bits per heavy atom. The molecule has 0 aliphatic carbocycles. The third kappa shape index (κ3) is 4.44. The molecule has 6 heteroatoms. The Kier molecular flexibility index (Phi) is 6.28. The first kappa shape index (κ1) is 21.4. The van der Waals surface area contributed by atoms with Crippen molar-refractivity contribution in [1.29, 1.82) is 0 Å². The molecule has 0 spiro atoms. The van der Waals surface area contributed by atoms with Crippen LogP contribution in [0.15, 0.2) is 42.5 Å². The molecule has 2 aromatic carbocycles. The van der Waals surface area contributed by atoms with Gasteiger partial charge in [0, 0.05) is 12.6 Å². The molecule has 0 N–H and O–H groups in total. The standard InChI is InChI=1S/C25H28N2O3S/c1-16-7-5-8-19(13-16)24-23(26-17(2)31-24)25(28)27-12-6-9-20(27)14-18-10-11-21(29-3)22(15-18)30-4/h5,7-8,10-11,13,15,20H,6,9,12,14H2,1-4H3/t20-/m0/s1. The Hall–Kier alpha value is -2.86. The van der Waals surface area contributed by atoms with Crippen molar-refractivity contribution >= 4 is 17.2 Å². The van der Waals surface area contributed by atoms with Crippen molar-refractivity contribution in [3.63, 3.8) is 0 Å². The Morgan fingerprint density at radius 2 is 1.94 bits per heavy atom. The zero-order valence-electron chi connectivity index (χ0n) is 18.5. The number of carbonyl (C=O) groups is 1. The number of aromatic nitrogens is 1. The van der Waals surface area contributed by atoms with Crippen molar-refractivity contribution in [2.24, 2.45) is 0 Å². The second-order valence-corrected chi connectivity index (χ2v) is 9.17. The van der Waals surface area contributed by atoms with Gasteiger partial charge in [-0.3, -0.25) is 4.79 Å². The van der Waals surface area contributed by atoms with Crippen LogP contribution in [0.3, 0.4) is 0 Å². The lowest BCUT2D eigenvalue weighted by molar-refractivity contribution is 0.0732. The van der Waals surface area contributed by atoms with E-state index in [2.05, 4.69) is 30.1 Å². The SMILES string of the molecule is COc1ccc(C[C@@H]2CCCN2C(=O)c2nc(C)sc2-c2cccc(C)c2)cc1OC. The molecule has 162 valence electrons. The first-order chi connectivity index (χ1) is 15.0. The molecule has 1 aliphatic rings. The van der Waals surface area contributed by atoms with Crippen LogP contribution >= 0.6 is 11.3 Å². The minimum atomic E-state index is 0.0313. The number of rotatable bonds is 6. The van der Waals surface area contributed by atoms with Gasteiger partial charge in [-0.15, -0.1) is 11.3 Å². The van der Waals surface area contributed by atoms with Crippen molar-refractivity contribution in [3.8, 4) is 21.9 Å². The van der Waals surface area contributed by atoms with E-state index in [1.165, 1.54) is 5.56 Å². The number of aryl methyl sites for hydroxylation is 2. The summed E-state index contributed by atoms with van der Waals surface area (Å²) in [6.07, 6.45) is 2.78. The van der Waals surface area contributed by atoms with Crippen molar-refractivity contribution in [1.82, 2.24) is 9.88 Å². The number of thiazole rings is 1. The normalized spacial score (nSPS) is 15.9. The second-order valence-electron chi connectivity index (χ2n) is 7.97. The van der Waals surface area contributed by atoms with E-state index in [0.29, 0.717) is 17.2 Å². The van der Waals surface area contributed by atoms with E-state index in [4.69, 9.17) is 9.47 Å². The molecule has 1 atom stereocenters. The zero-order chi connectivity index (χ0) is 22.0. The van der Waals surface area contributed by atoms with Gasteiger partial charge >= 0.3 is 0 Å². The molecule has 0 bridgehead atoms. The van der Waals surface area contributed by atoms with Gasteiger partial charge in [0.05, 0.1) is 24.1 Å². The summed E-state index contributed by atoms with van der Waals surface area (Å²) in [4.78, 5) is 21.2. The zero-order valence-corrected chi connectivity index (χ0v) is 19.3. The lowest BCUT2D eigenvalue weighted by Crippen LogP contribution is -2.37. The van der Waals surface area contributed by atoms with Crippen LogP contribution in [0.2, 0.25) is 0 Å². The van der Waals surface area contributed by atoms with Gasteiger partial charge in [0.1, 0.15) is 5.69 Å². The van der Waals surface area contributed by atoms with Crippen molar-refractivity contribution in [2.45, 2.75) is 39.2 Å². The lowest BCUT2D eigenvalue weighted by Gasteiger charge is -2.25. The third-order valence-electron chi connectivity index (χ3n) is 5.77. The lowest BCUT2D eigenvalue weighted by atomic mass is 10.0. The topological polar surface area (TPSA) is 51.7 Å². The van der Waals surface area contributed by atoms with Crippen LogP contribution in [0.1, 0.15) is 39.5 Å². The van der Waals surface area contributed by atoms with Crippen molar-refractivity contribution in [3.05, 3.63) is 64.3 Å². The van der Waals surface area contributed by atoms with Crippen molar-refractivity contribution in [2.75, 3.05) is 20.8 Å². The van der Waals surface area contributed by atoms with Crippen LogP contribution in [0.5, 0.6) is 11.5 Å². The largest absolute Gasteiger partial charge is 0.493 e. The fourth-order valence-corrected chi connectivity index (χ4v) is 5.19. The molecule has 0 radical (unpaired) electrons. The van der Waals surface area contributed by atoms with Crippen molar-refractivity contribution < 1.29 is 14.3 Å². The number of ether oxygens (including phenoxy) is 2. The van der Waals surface area contributed by atoms with Crippen LogP contribution in [-0.4, -0.2) is 42.6 Å². The number of amides is 1. The number of hydrogen-bond donors (Lipinski definition) is 0. The monoisotopic (exact) mass is 436 g/mol. The van der Waals surface area contributed by atoms with Crippen LogP contribution in [0.4, 0.5) is 0 Å². The van der Waals surface area contributed by atoms with Crippen LogP contribution in [0, 0.1) is 13.8 Å². The summed E-state index contributed by atoms with van der Waals surface area (Å²) < 4.78 is 10.8. The summed E-state index contributed by atoms with van der Waals surface area (Å²) in [5.41, 5.74) is 3.95. The minimum Gasteiger partial charge on any atom is -0.493 e. The summed E-state index contributed by atoms with van der Waals surface area (Å²) in [5, 5.41) is 0.912. The van der Waals surface area contributed by atoms with E-state index in [0.717, 1.165) is 46.8 Å². The van der Waals surface area contributed by atoms with Gasteiger partial charge in [-0.05, 0) is 56.4 Å². The Balaban J connectivity index is 1.59. The summed E-state index contributed by atoms with van der Waals surface area (Å²) in [7, 11) is 3.28. The van der Waals surface area contributed by atoms with E-state index in [9.17, 15) is 4.79 Å². The minimum absolute atomic E-state index is 0.0313. The highest BCUT2D eigenvalue weighted by Crippen LogP contribution is 2.34. The Labute approximate surface area is 187 Å². The Morgan fingerprint density at radius 3 is 2.68 bits per heavy atom. The number of nitrogens with zero attached hydrogens (tertiary/aromatic N) is 2. The van der Waals surface area contributed by atoms with Crippen LogP contribution in [0.25, 0.3) is 10.4 Å². The highest BCUT2D eigenvalue weighted by atomic mass is 32.1. The van der Waals surface area contributed by atoms with Crippen LogP contribution < -0.4 is 9.47 Å². The maximum absolute atomic E-state index is 13.6. The van der Waals surface area contributed by atoms with E-state index < -0.39 is 0 Å². The van der Waals surface area contributed by atoms with E-state index in [1.807, 2.05) is 36.1 Å². The number of benzene rings is 2. The van der Waals surface area contributed by atoms with Gasteiger partial charge in [0.2, 0.25) is 0 Å². The van der Waals surface area contributed by atoms with Crippen LogP contribution in [-0.2, 0) is 6.42 Å². The first-order valence-electron chi connectivity index (χ1n) is 10.6. The highest BCUT2D eigenvalue weighted by Gasteiger charge is 2.32. The number of likely N-dealkylation sites (tertiary alicyclic amines) is 1. The van der Waals surface area contributed by atoms with Gasteiger partial charge in [-0.1, -0.05) is 35.9 Å². The molecular formula is C25H28N2O3S. The predicted molar refractivity (Wildman–Crippen MR) is 124 cm³/mol. The maximum Gasteiger partial charge on any atom is 0.274 e. The molecule has 5 nitrogen and oxygen atoms in total. The summed E-state index contributed by atoms with van der Waals surface area (Å²) in [6, 6.07) is 14.4. The first-order valence-corrected chi connectivity index (χ1v) is 11.4. The molecule has 3 aromatic rings. The fourth-order valence-electron chi connectivity index (χ4n) is 4.28. The molecule has 2 heterocycles. The quantitative estimate of drug-likeness (QED) is 0.527. The van der Waals surface area contributed by atoms with Gasteiger partial charge in [0.15, 0.2) is 11.5 Å². The average molecular weight is 437 g/mol. The average Bonchev–Trinajstić information content (AvgIpc) is 3.39. The summed E-state index contributed by atoms with van der Waals surface area (Å²) in [6.45, 7) is 4.80. The van der Waals surface area contributed by atoms with E-state index >= 15 is 0 Å². The predicted octanol–water partition coefficient (Wildman–Crippen LogP) is 5.29. The maximum atomic E-state index is 13.6. The highest BCUT2D eigenvalue weighted by molar-refractivity contribution is 7.15.